The molecule has 0 aliphatic heterocycles. The molecule has 4 nitrogen and oxygen atoms in total. The molecule has 2 aromatic rings. The lowest BCUT2D eigenvalue weighted by Crippen LogP contribution is -2.20. The second-order valence-corrected chi connectivity index (χ2v) is 4.52. The maximum atomic E-state index is 5.04. The van der Waals surface area contributed by atoms with E-state index in [4.69, 9.17) is 4.74 Å². The summed E-state index contributed by atoms with van der Waals surface area (Å²) in [5, 5.41) is 2.05. The zero-order chi connectivity index (χ0) is 11.4. The van der Waals surface area contributed by atoms with Gasteiger partial charge in [0.1, 0.15) is 12.1 Å². The fourth-order valence-corrected chi connectivity index (χ4v) is 2.49. The molecule has 0 spiro atoms. The average Bonchev–Trinajstić information content (AvgIpc) is 2.76. The first-order valence-corrected chi connectivity index (χ1v) is 6.09. The van der Waals surface area contributed by atoms with Crippen LogP contribution in [0.15, 0.2) is 17.8 Å². The molecule has 2 rings (SSSR count). The van der Waals surface area contributed by atoms with Gasteiger partial charge in [0.15, 0.2) is 0 Å². The van der Waals surface area contributed by atoms with Gasteiger partial charge in [0, 0.05) is 27.3 Å². The minimum atomic E-state index is 0.781. The van der Waals surface area contributed by atoms with Gasteiger partial charge in [-0.3, -0.25) is 0 Å². The predicted molar refractivity (Wildman–Crippen MR) is 67.2 cm³/mol. The molecule has 0 aromatic carbocycles. The van der Waals surface area contributed by atoms with Gasteiger partial charge in [-0.25, -0.2) is 9.97 Å². The van der Waals surface area contributed by atoms with Crippen LogP contribution in [0.2, 0.25) is 0 Å². The highest BCUT2D eigenvalue weighted by atomic mass is 32.1. The van der Waals surface area contributed by atoms with E-state index >= 15 is 0 Å². The topological polar surface area (TPSA) is 38.2 Å². The third kappa shape index (κ3) is 2.31. The summed E-state index contributed by atoms with van der Waals surface area (Å²) in [5.41, 5.74) is 1.02. The molecule has 0 bridgehead atoms. The number of methoxy groups -OCH3 is 1. The monoisotopic (exact) mass is 237 g/mol. The number of fused-ring (bicyclic) bond motifs is 1. The highest BCUT2D eigenvalue weighted by Gasteiger charge is 2.08. The summed E-state index contributed by atoms with van der Waals surface area (Å²) >= 11 is 1.68. The highest BCUT2D eigenvalue weighted by molar-refractivity contribution is 7.17. The molecule has 0 saturated heterocycles. The number of thiophene rings is 1. The van der Waals surface area contributed by atoms with E-state index in [1.165, 1.54) is 0 Å². The number of nitrogens with zero attached hydrogens (tertiary/aromatic N) is 3. The third-order valence-corrected chi connectivity index (χ3v) is 3.33. The molecule has 86 valence electrons. The van der Waals surface area contributed by atoms with Crippen molar-refractivity contribution in [3.63, 3.8) is 0 Å². The molecule has 0 atom stereocenters. The second-order valence-electron chi connectivity index (χ2n) is 3.60. The van der Waals surface area contributed by atoms with E-state index in [9.17, 15) is 0 Å². The third-order valence-electron chi connectivity index (χ3n) is 2.43. The summed E-state index contributed by atoms with van der Waals surface area (Å²) in [4.78, 5) is 10.7. The lowest BCUT2D eigenvalue weighted by molar-refractivity contribution is 0.196. The Hall–Kier alpha value is -1.20. The van der Waals surface area contributed by atoms with Crippen LogP contribution in [0.25, 0.3) is 10.2 Å². The highest BCUT2D eigenvalue weighted by Crippen LogP contribution is 2.26. The molecule has 0 fully saturated rings. The molecule has 0 unspecified atom stereocenters. The van der Waals surface area contributed by atoms with Crippen molar-refractivity contribution in [1.82, 2.24) is 9.97 Å². The van der Waals surface area contributed by atoms with Crippen LogP contribution in [0.5, 0.6) is 0 Å². The number of hydrogen-bond acceptors (Lipinski definition) is 5. The summed E-state index contributed by atoms with van der Waals surface area (Å²) in [6.07, 6.45) is 2.63. The maximum Gasteiger partial charge on any atom is 0.149 e. The van der Waals surface area contributed by atoms with Gasteiger partial charge < -0.3 is 9.64 Å². The van der Waals surface area contributed by atoms with Crippen molar-refractivity contribution in [2.45, 2.75) is 6.42 Å². The lowest BCUT2D eigenvalue weighted by Gasteiger charge is -2.17. The van der Waals surface area contributed by atoms with Crippen LogP contribution in [-0.2, 0) is 4.74 Å². The van der Waals surface area contributed by atoms with Crippen molar-refractivity contribution < 1.29 is 4.74 Å². The Balaban J connectivity index is 2.15. The van der Waals surface area contributed by atoms with Gasteiger partial charge in [-0.1, -0.05) is 0 Å². The SMILES string of the molecule is COCCCN(C)c1ncnc2ccsc12. The number of hydrogen-bond donors (Lipinski definition) is 0. The van der Waals surface area contributed by atoms with Crippen LogP contribution in [-0.4, -0.2) is 37.3 Å². The quantitative estimate of drug-likeness (QED) is 0.747. The van der Waals surface area contributed by atoms with E-state index < -0.39 is 0 Å². The fraction of sp³-hybridized carbons (Fsp3) is 0.455. The van der Waals surface area contributed by atoms with Crippen molar-refractivity contribution in [2.24, 2.45) is 0 Å². The molecule has 16 heavy (non-hydrogen) atoms. The van der Waals surface area contributed by atoms with Gasteiger partial charge >= 0.3 is 0 Å². The Kier molecular flexibility index (Phi) is 3.69. The van der Waals surface area contributed by atoms with Crippen LogP contribution in [0.4, 0.5) is 5.82 Å². The van der Waals surface area contributed by atoms with E-state index in [-0.39, 0.29) is 0 Å². The van der Waals surface area contributed by atoms with E-state index in [2.05, 4.69) is 21.9 Å². The predicted octanol–water partition coefficient (Wildman–Crippen LogP) is 2.16. The summed E-state index contributed by atoms with van der Waals surface area (Å²) in [5.74, 6) is 1.01. The van der Waals surface area contributed by atoms with Crippen molar-refractivity contribution in [3.8, 4) is 0 Å². The first-order valence-electron chi connectivity index (χ1n) is 5.21. The largest absolute Gasteiger partial charge is 0.385 e. The molecule has 5 heteroatoms. The van der Waals surface area contributed by atoms with E-state index in [1.807, 2.05) is 11.4 Å². The van der Waals surface area contributed by atoms with Crippen LogP contribution < -0.4 is 4.90 Å². The standard InChI is InChI=1S/C11H15N3OS/c1-14(5-3-6-15-2)11-10-9(4-7-16-10)12-8-13-11/h4,7-8H,3,5-6H2,1-2H3. The normalized spacial score (nSPS) is 10.9. The summed E-state index contributed by atoms with van der Waals surface area (Å²) in [6.45, 7) is 1.72. The van der Waals surface area contributed by atoms with Gasteiger partial charge in [-0.05, 0) is 17.9 Å². The van der Waals surface area contributed by atoms with E-state index in [1.54, 1.807) is 24.8 Å². The first-order chi connectivity index (χ1) is 7.83. The molecular weight excluding hydrogens is 222 g/mol. The maximum absolute atomic E-state index is 5.04. The summed E-state index contributed by atoms with van der Waals surface area (Å²) < 4.78 is 6.20. The number of rotatable bonds is 5. The molecule has 0 radical (unpaired) electrons. The molecule has 0 saturated carbocycles. The van der Waals surface area contributed by atoms with Crippen LogP contribution in [0.3, 0.4) is 0 Å². The minimum absolute atomic E-state index is 0.781. The lowest BCUT2D eigenvalue weighted by atomic mass is 10.4. The Morgan fingerprint density at radius 1 is 1.44 bits per heavy atom. The summed E-state index contributed by atoms with van der Waals surface area (Å²) in [7, 11) is 3.78. The molecule has 2 aromatic heterocycles. The Morgan fingerprint density at radius 3 is 3.12 bits per heavy atom. The van der Waals surface area contributed by atoms with Crippen LogP contribution in [0.1, 0.15) is 6.42 Å². The molecule has 0 aliphatic rings. The minimum Gasteiger partial charge on any atom is -0.385 e. The van der Waals surface area contributed by atoms with Crippen molar-refractivity contribution in [2.75, 3.05) is 32.2 Å². The fourth-order valence-electron chi connectivity index (χ4n) is 1.60. The zero-order valence-electron chi connectivity index (χ0n) is 9.51. The zero-order valence-corrected chi connectivity index (χ0v) is 10.3. The van der Waals surface area contributed by atoms with Gasteiger partial charge in [0.25, 0.3) is 0 Å². The van der Waals surface area contributed by atoms with Gasteiger partial charge in [-0.15, -0.1) is 11.3 Å². The van der Waals surface area contributed by atoms with E-state index in [0.717, 1.165) is 35.6 Å². The van der Waals surface area contributed by atoms with Crippen molar-refractivity contribution in [3.05, 3.63) is 17.8 Å². The van der Waals surface area contributed by atoms with Crippen molar-refractivity contribution in [1.29, 1.82) is 0 Å². The smallest absolute Gasteiger partial charge is 0.149 e. The Labute approximate surface area is 98.9 Å². The first kappa shape index (κ1) is 11.3. The molecule has 0 N–H and O–H groups in total. The van der Waals surface area contributed by atoms with E-state index in [0.29, 0.717) is 0 Å². The van der Waals surface area contributed by atoms with Crippen LogP contribution >= 0.6 is 11.3 Å². The Bertz CT molecular complexity index is 457. The number of anilines is 1. The van der Waals surface area contributed by atoms with Gasteiger partial charge in [0.2, 0.25) is 0 Å². The summed E-state index contributed by atoms with van der Waals surface area (Å²) in [6, 6.07) is 2.02. The molecular formula is C11H15N3OS. The van der Waals surface area contributed by atoms with Crippen molar-refractivity contribution >= 4 is 27.4 Å². The molecule has 0 aliphatic carbocycles. The van der Waals surface area contributed by atoms with Gasteiger partial charge in [0.05, 0.1) is 10.2 Å². The number of ether oxygens (including phenoxy) is 1. The molecule has 0 amide bonds. The Morgan fingerprint density at radius 2 is 2.31 bits per heavy atom. The molecule has 2 heterocycles. The van der Waals surface area contributed by atoms with Crippen LogP contribution in [0, 0.1) is 0 Å². The second kappa shape index (κ2) is 5.23. The number of aromatic nitrogens is 2. The average molecular weight is 237 g/mol. The van der Waals surface area contributed by atoms with Gasteiger partial charge in [-0.2, -0.15) is 0 Å².